The molecule has 0 aliphatic heterocycles. The van der Waals surface area contributed by atoms with Crippen molar-refractivity contribution in [2.24, 2.45) is 0 Å². The Bertz CT molecular complexity index is 1420. The number of halogens is 2. The summed E-state index contributed by atoms with van der Waals surface area (Å²) in [6.07, 6.45) is 0.614. The maximum absolute atomic E-state index is 13.9. The molecule has 4 aromatic rings. The lowest BCUT2D eigenvalue weighted by atomic mass is 10.1. The summed E-state index contributed by atoms with van der Waals surface area (Å²) in [5, 5.41) is 0.582. The van der Waals surface area contributed by atoms with Crippen LogP contribution in [0.15, 0.2) is 73.7 Å². The van der Waals surface area contributed by atoms with Gasteiger partial charge in [0.2, 0.25) is 0 Å². The van der Waals surface area contributed by atoms with Crippen LogP contribution in [0.4, 0.5) is 0 Å². The van der Waals surface area contributed by atoms with E-state index in [1.54, 1.807) is 4.57 Å². The third-order valence-electron chi connectivity index (χ3n) is 6.05. The highest BCUT2D eigenvalue weighted by Crippen LogP contribution is 2.31. The molecule has 6 nitrogen and oxygen atoms in total. The Kier molecular flexibility index (Phi) is 8.77. The van der Waals surface area contributed by atoms with Crippen LogP contribution in [0, 0.1) is 0 Å². The quantitative estimate of drug-likeness (QED) is 0.221. The predicted molar refractivity (Wildman–Crippen MR) is 154 cm³/mol. The average molecular weight is 632 g/mol. The van der Waals surface area contributed by atoms with E-state index in [-0.39, 0.29) is 17.5 Å². The highest BCUT2D eigenvalue weighted by atomic mass is 79.9. The topological polar surface area (TPSA) is 58.4 Å². The molecule has 2 aromatic heterocycles. The molecule has 0 fully saturated rings. The van der Waals surface area contributed by atoms with Crippen LogP contribution in [0.5, 0.6) is 0 Å². The second-order valence-electron chi connectivity index (χ2n) is 8.82. The van der Waals surface area contributed by atoms with E-state index in [1.165, 1.54) is 11.3 Å². The average Bonchev–Trinajstić information content (AvgIpc) is 3.24. The molecule has 0 bridgehead atoms. The zero-order chi connectivity index (χ0) is 25.8. The number of benzene rings is 2. The van der Waals surface area contributed by atoms with Crippen molar-refractivity contribution in [1.29, 1.82) is 0 Å². The Morgan fingerprint density at radius 3 is 2.42 bits per heavy atom. The molecule has 0 saturated carbocycles. The summed E-state index contributed by atoms with van der Waals surface area (Å²) in [5.74, 6) is 0.511. The SMILES string of the molecule is CCC(c1nc2sc(Br)cc2c(=O)n1Cc1ccccc1)N(CCN(C)C)C(=O)c1ccccc1Br. The summed E-state index contributed by atoms with van der Waals surface area (Å²) in [6.45, 7) is 3.60. The summed E-state index contributed by atoms with van der Waals surface area (Å²) in [7, 11) is 3.97. The highest BCUT2D eigenvalue weighted by molar-refractivity contribution is 9.11. The number of amides is 1. The number of aromatic nitrogens is 2. The number of likely N-dealkylation sites (N-methyl/N-ethyl adjacent to an activating group) is 1. The second kappa shape index (κ2) is 11.8. The van der Waals surface area contributed by atoms with Gasteiger partial charge in [-0.25, -0.2) is 4.98 Å². The smallest absolute Gasteiger partial charge is 0.262 e. The standard InChI is InChI=1S/C27H28Br2N4O2S/c1-4-22(32(15-14-31(2)3)26(34)19-12-8-9-13-21(19)28)24-30-25-20(16-23(29)36-25)27(35)33(24)17-18-10-6-5-7-11-18/h5-13,16,22H,4,14-15,17H2,1-3H3. The largest absolute Gasteiger partial charge is 0.327 e. The first-order valence-electron chi connectivity index (χ1n) is 11.7. The van der Waals surface area contributed by atoms with E-state index in [0.29, 0.717) is 47.7 Å². The van der Waals surface area contributed by atoms with Gasteiger partial charge < -0.3 is 9.80 Å². The van der Waals surface area contributed by atoms with Gasteiger partial charge in [0.1, 0.15) is 10.7 Å². The Hall–Kier alpha value is -2.33. The molecule has 2 aromatic carbocycles. The van der Waals surface area contributed by atoms with Crippen molar-refractivity contribution in [3.05, 3.63) is 96.2 Å². The molecule has 1 unspecified atom stereocenters. The van der Waals surface area contributed by atoms with Crippen molar-refractivity contribution in [2.75, 3.05) is 27.2 Å². The molecule has 4 rings (SSSR count). The minimum atomic E-state index is -0.383. The molecule has 0 saturated heterocycles. The molecule has 0 radical (unpaired) electrons. The number of hydrogen-bond donors (Lipinski definition) is 0. The lowest BCUT2D eigenvalue weighted by Gasteiger charge is -2.33. The predicted octanol–water partition coefficient (Wildman–Crippen LogP) is 6.19. The maximum atomic E-state index is 13.9. The normalized spacial score (nSPS) is 12.3. The molecule has 1 atom stereocenters. The van der Waals surface area contributed by atoms with Crippen LogP contribution in [0.2, 0.25) is 0 Å². The first-order chi connectivity index (χ1) is 17.3. The molecular weight excluding hydrogens is 604 g/mol. The van der Waals surface area contributed by atoms with E-state index in [2.05, 4.69) is 36.8 Å². The number of hydrogen-bond acceptors (Lipinski definition) is 5. The first kappa shape index (κ1) is 26.7. The van der Waals surface area contributed by atoms with Crippen LogP contribution in [-0.2, 0) is 6.54 Å². The molecule has 2 heterocycles. The molecule has 1 amide bonds. The fraction of sp³-hybridized carbons (Fsp3) is 0.296. The van der Waals surface area contributed by atoms with E-state index in [4.69, 9.17) is 4.98 Å². The van der Waals surface area contributed by atoms with Crippen molar-refractivity contribution in [2.45, 2.75) is 25.9 Å². The minimum Gasteiger partial charge on any atom is -0.327 e. The summed E-state index contributed by atoms with van der Waals surface area (Å²) >= 11 is 8.49. The van der Waals surface area contributed by atoms with Gasteiger partial charge in [0, 0.05) is 17.6 Å². The van der Waals surface area contributed by atoms with Crippen LogP contribution in [-0.4, -0.2) is 52.4 Å². The molecule has 0 aliphatic rings. The van der Waals surface area contributed by atoms with Gasteiger partial charge in [-0.15, -0.1) is 11.3 Å². The van der Waals surface area contributed by atoms with Gasteiger partial charge in [-0.1, -0.05) is 49.4 Å². The molecule has 0 spiro atoms. The number of nitrogens with zero attached hydrogens (tertiary/aromatic N) is 4. The van der Waals surface area contributed by atoms with Crippen molar-refractivity contribution >= 4 is 59.3 Å². The molecule has 36 heavy (non-hydrogen) atoms. The van der Waals surface area contributed by atoms with Gasteiger partial charge in [0.05, 0.1) is 27.3 Å². The number of fused-ring (bicyclic) bond motifs is 1. The Balaban J connectivity index is 1.88. The van der Waals surface area contributed by atoms with Gasteiger partial charge in [-0.3, -0.25) is 14.2 Å². The summed E-state index contributed by atoms with van der Waals surface area (Å²) in [6, 6.07) is 18.8. The maximum Gasteiger partial charge on any atom is 0.262 e. The third kappa shape index (κ3) is 5.80. The monoisotopic (exact) mass is 630 g/mol. The van der Waals surface area contributed by atoms with Crippen LogP contribution < -0.4 is 5.56 Å². The molecule has 9 heteroatoms. The lowest BCUT2D eigenvalue weighted by molar-refractivity contribution is 0.0641. The number of rotatable bonds is 9. The summed E-state index contributed by atoms with van der Waals surface area (Å²) in [4.78, 5) is 37.3. The first-order valence-corrected chi connectivity index (χ1v) is 14.1. The number of thiophene rings is 1. The summed E-state index contributed by atoms with van der Waals surface area (Å²) < 4.78 is 3.33. The number of carbonyl (C=O) groups excluding carboxylic acids is 1. The van der Waals surface area contributed by atoms with Crippen molar-refractivity contribution in [3.63, 3.8) is 0 Å². The van der Waals surface area contributed by atoms with Crippen molar-refractivity contribution in [3.8, 4) is 0 Å². The zero-order valence-corrected chi connectivity index (χ0v) is 24.4. The second-order valence-corrected chi connectivity index (χ2v) is 12.1. The molecule has 0 aliphatic carbocycles. The van der Waals surface area contributed by atoms with E-state index in [0.717, 1.165) is 13.8 Å². The van der Waals surface area contributed by atoms with Gasteiger partial charge in [0.15, 0.2) is 0 Å². The van der Waals surface area contributed by atoms with Crippen LogP contribution in [0.1, 0.15) is 41.1 Å². The van der Waals surface area contributed by atoms with Gasteiger partial charge in [-0.2, -0.15) is 0 Å². The number of carbonyl (C=O) groups is 1. The van der Waals surface area contributed by atoms with Gasteiger partial charge >= 0.3 is 0 Å². The van der Waals surface area contributed by atoms with Gasteiger partial charge in [-0.05, 0) is 76.1 Å². The molecular formula is C27H28Br2N4O2S. The van der Waals surface area contributed by atoms with E-state index >= 15 is 0 Å². The Morgan fingerprint density at radius 1 is 1.06 bits per heavy atom. The van der Waals surface area contributed by atoms with Crippen molar-refractivity contribution in [1.82, 2.24) is 19.4 Å². The Morgan fingerprint density at radius 2 is 1.75 bits per heavy atom. The minimum absolute atomic E-state index is 0.0934. The third-order valence-corrected chi connectivity index (χ3v) is 8.27. The van der Waals surface area contributed by atoms with E-state index in [9.17, 15) is 9.59 Å². The van der Waals surface area contributed by atoms with Crippen LogP contribution >= 0.6 is 43.2 Å². The zero-order valence-electron chi connectivity index (χ0n) is 20.4. The van der Waals surface area contributed by atoms with Crippen LogP contribution in [0.3, 0.4) is 0 Å². The molecule has 0 N–H and O–H groups in total. The van der Waals surface area contributed by atoms with Gasteiger partial charge in [0.25, 0.3) is 11.5 Å². The van der Waals surface area contributed by atoms with Crippen molar-refractivity contribution < 1.29 is 4.79 Å². The highest BCUT2D eigenvalue weighted by Gasteiger charge is 2.30. The fourth-order valence-electron chi connectivity index (χ4n) is 4.21. The van der Waals surface area contributed by atoms with Crippen LogP contribution in [0.25, 0.3) is 10.2 Å². The summed E-state index contributed by atoms with van der Waals surface area (Å²) in [5.41, 5.74) is 1.50. The lowest BCUT2D eigenvalue weighted by Crippen LogP contribution is -2.42. The molecule has 188 valence electrons. The fourth-order valence-corrected chi connectivity index (χ4v) is 6.11. The van der Waals surface area contributed by atoms with E-state index in [1.807, 2.05) is 86.6 Å². The van der Waals surface area contributed by atoms with E-state index < -0.39 is 0 Å². The Labute approximate surface area is 231 Å².